The summed E-state index contributed by atoms with van der Waals surface area (Å²) in [6.07, 6.45) is -0.588. The second kappa shape index (κ2) is 8.57. The van der Waals surface area contributed by atoms with Crippen molar-refractivity contribution in [3.63, 3.8) is 0 Å². The minimum Gasteiger partial charge on any atom is -0.386 e. The van der Waals surface area contributed by atoms with Crippen LogP contribution in [0.1, 0.15) is 30.2 Å². The molecular formula is C18H23NO2. The number of hydrogen-bond donors (Lipinski definition) is 2. The number of nitrogens with one attached hydrogen (secondary N) is 1. The average molecular weight is 285 g/mol. The molecule has 2 atom stereocenters. The van der Waals surface area contributed by atoms with E-state index in [9.17, 15) is 5.11 Å². The van der Waals surface area contributed by atoms with Crippen molar-refractivity contribution in [1.82, 2.24) is 5.32 Å². The van der Waals surface area contributed by atoms with Crippen molar-refractivity contribution in [2.24, 2.45) is 0 Å². The molecule has 21 heavy (non-hydrogen) atoms. The molecule has 2 aromatic carbocycles. The number of benzene rings is 2. The van der Waals surface area contributed by atoms with Crippen LogP contribution in [0.4, 0.5) is 0 Å². The summed E-state index contributed by atoms with van der Waals surface area (Å²) in [5, 5.41) is 14.1. The Morgan fingerprint density at radius 1 is 0.952 bits per heavy atom. The Balaban J connectivity index is 2.11. The quantitative estimate of drug-likeness (QED) is 0.732. The van der Waals surface area contributed by atoms with E-state index in [0.29, 0.717) is 19.8 Å². The predicted octanol–water partition coefficient (Wildman–Crippen LogP) is 3.09. The molecule has 3 nitrogen and oxygen atoms in total. The number of ether oxygens (including phenoxy) is 1. The summed E-state index contributed by atoms with van der Waals surface area (Å²) in [7, 11) is 0. The molecule has 0 radical (unpaired) electrons. The SMILES string of the molecule is CCOCCNC(c1ccccc1)C(O)c1ccccc1. The summed E-state index contributed by atoms with van der Waals surface area (Å²) in [6, 6.07) is 19.6. The molecule has 0 aromatic heterocycles. The van der Waals surface area contributed by atoms with Crippen molar-refractivity contribution >= 4 is 0 Å². The Morgan fingerprint density at radius 3 is 2.10 bits per heavy atom. The van der Waals surface area contributed by atoms with Crippen LogP contribution in [0.2, 0.25) is 0 Å². The van der Waals surface area contributed by atoms with Crippen LogP contribution in [0.5, 0.6) is 0 Å². The summed E-state index contributed by atoms with van der Waals surface area (Å²) in [5.74, 6) is 0. The van der Waals surface area contributed by atoms with E-state index in [1.54, 1.807) is 0 Å². The normalized spacial score (nSPS) is 13.8. The standard InChI is InChI=1S/C18H23NO2/c1-2-21-14-13-19-17(15-9-5-3-6-10-15)18(20)16-11-7-4-8-12-16/h3-12,17-20H,2,13-14H2,1H3. The Kier molecular flexibility index (Phi) is 6.41. The molecule has 2 unspecified atom stereocenters. The number of aliphatic hydroxyl groups excluding tert-OH is 1. The summed E-state index contributed by atoms with van der Waals surface area (Å²) < 4.78 is 5.36. The molecular weight excluding hydrogens is 262 g/mol. The summed E-state index contributed by atoms with van der Waals surface area (Å²) in [6.45, 7) is 4.03. The van der Waals surface area contributed by atoms with Crippen LogP contribution in [0.25, 0.3) is 0 Å². The first kappa shape index (κ1) is 15.7. The summed E-state index contributed by atoms with van der Waals surface area (Å²) >= 11 is 0. The second-order valence-corrected chi connectivity index (χ2v) is 4.89. The van der Waals surface area contributed by atoms with Gasteiger partial charge in [-0.3, -0.25) is 0 Å². The van der Waals surface area contributed by atoms with Gasteiger partial charge in [0.05, 0.1) is 18.8 Å². The Labute approximate surface area is 126 Å². The van der Waals surface area contributed by atoms with E-state index in [-0.39, 0.29) is 6.04 Å². The third kappa shape index (κ3) is 4.67. The van der Waals surface area contributed by atoms with E-state index < -0.39 is 6.10 Å². The molecule has 0 saturated heterocycles. The van der Waals surface area contributed by atoms with Crippen LogP contribution in [0.3, 0.4) is 0 Å². The van der Waals surface area contributed by atoms with E-state index in [4.69, 9.17) is 4.74 Å². The molecule has 0 aliphatic heterocycles. The van der Waals surface area contributed by atoms with Gasteiger partial charge in [-0.1, -0.05) is 60.7 Å². The minimum absolute atomic E-state index is 0.144. The van der Waals surface area contributed by atoms with Gasteiger partial charge in [0.25, 0.3) is 0 Å². The zero-order chi connectivity index (χ0) is 14.9. The van der Waals surface area contributed by atoms with Crippen LogP contribution >= 0.6 is 0 Å². The van der Waals surface area contributed by atoms with Gasteiger partial charge in [-0.15, -0.1) is 0 Å². The van der Waals surface area contributed by atoms with Crippen molar-refractivity contribution in [3.8, 4) is 0 Å². The largest absolute Gasteiger partial charge is 0.386 e. The molecule has 3 heteroatoms. The monoisotopic (exact) mass is 285 g/mol. The van der Waals surface area contributed by atoms with Crippen LogP contribution < -0.4 is 5.32 Å². The van der Waals surface area contributed by atoms with Gasteiger partial charge in [-0.2, -0.15) is 0 Å². The van der Waals surface area contributed by atoms with E-state index in [2.05, 4.69) is 5.32 Å². The maximum atomic E-state index is 10.7. The van der Waals surface area contributed by atoms with E-state index in [1.807, 2.05) is 67.6 Å². The van der Waals surface area contributed by atoms with Gasteiger partial charge in [0.15, 0.2) is 0 Å². The first-order chi connectivity index (χ1) is 10.3. The maximum absolute atomic E-state index is 10.7. The van der Waals surface area contributed by atoms with Gasteiger partial charge in [0, 0.05) is 13.2 Å². The smallest absolute Gasteiger partial charge is 0.0984 e. The molecule has 0 amide bonds. The van der Waals surface area contributed by atoms with Gasteiger partial charge in [-0.25, -0.2) is 0 Å². The molecule has 0 heterocycles. The molecule has 0 aliphatic rings. The third-order valence-corrected chi connectivity index (χ3v) is 3.43. The van der Waals surface area contributed by atoms with Crippen LogP contribution in [0.15, 0.2) is 60.7 Å². The highest BCUT2D eigenvalue weighted by Crippen LogP contribution is 2.28. The molecule has 0 saturated carbocycles. The lowest BCUT2D eigenvalue weighted by atomic mass is 9.96. The predicted molar refractivity (Wildman–Crippen MR) is 85.1 cm³/mol. The fraction of sp³-hybridized carbons (Fsp3) is 0.333. The fourth-order valence-electron chi connectivity index (χ4n) is 2.35. The molecule has 0 spiro atoms. The zero-order valence-corrected chi connectivity index (χ0v) is 12.4. The highest BCUT2D eigenvalue weighted by atomic mass is 16.5. The van der Waals surface area contributed by atoms with Crippen molar-refractivity contribution in [1.29, 1.82) is 0 Å². The third-order valence-electron chi connectivity index (χ3n) is 3.43. The lowest BCUT2D eigenvalue weighted by Crippen LogP contribution is -2.30. The van der Waals surface area contributed by atoms with E-state index >= 15 is 0 Å². The van der Waals surface area contributed by atoms with Crippen molar-refractivity contribution < 1.29 is 9.84 Å². The molecule has 2 rings (SSSR count). The first-order valence-electron chi connectivity index (χ1n) is 7.42. The van der Waals surface area contributed by atoms with Gasteiger partial charge < -0.3 is 15.2 Å². The zero-order valence-electron chi connectivity index (χ0n) is 12.4. The Bertz CT molecular complexity index is 501. The highest BCUT2D eigenvalue weighted by molar-refractivity contribution is 5.26. The molecule has 112 valence electrons. The summed E-state index contributed by atoms with van der Waals surface area (Å²) in [4.78, 5) is 0. The van der Waals surface area contributed by atoms with Gasteiger partial charge in [0.2, 0.25) is 0 Å². The topological polar surface area (TPSA) is 41.5 Å². The molecule has 0 aliphatic carbocycles. The molecule has 2 aromatic rings. The van der Waals surface area contributed by atoms with E-state index in [0.717, 1.165) is 11.1 Å². The molecule has 0 bridgehead atoms. The van der Waals surface area contributed by atoms with Gasteiger partial charge >= 0.3 is 0 Å². The summed E-state index contributed by atoms with van der Waals surface area (Å²) in [5.41, 5.74) is 1.99. The number of aliphatic hydroxyl groups is 1. The van der Waals surface area contributed by atoms with Crippen molar-refractivity contribution in [2.45, 2.75) is 19.1 Å². The average Bonchev–Trinajstić information content (AvgIpc) is 2.56. The fourth-order valence-corrected chi connectivity index (χ4v) is 2.35. The Hall–Kier alpha value is -1.68. The van der Waals surface area contributed by atoms with Gasteiger partial charge in [0.1, 0.15) is 0 Å². The second-order valence-electron chi connectivity index (χ2n) is 4.89. The maximum Gasteiger partial charge on any atom is 0.0984 e. The highest BCUT2D eigenvalue weighted by Gasteiger charge is 2.21. The van der Waals surface area contributed by atoms with Crippen LogP contribution in [-0.4, -0.2) is 24.9 Å². The lowest BCUT2D eigenvalue weighted by molar-refractivity contribution is 0.110. The van der Waals surface area contributed by atoms with E-state index in [1.165, 1.54) is 0 Å². The van der Waals surface area contributed by atoms with Gasteiger partial charge in [-0.05, 0) is 18.1 Å². The number of hydrogen-bond acceptors (Lipinski definition) is 3. The molecule has 0 fully saturated rings. The van der Waals surface area contributed by atoms with Crippen LogP contribution in [-0.2, 0) is 4.74 Å². The van der Waals surface area contributed by atoms with Crippen molar-refractivity contribution in [3.05, 3.63) is 71.8 Å². The number of rotatable bonds is 8. The minimum atomic E-state index is -0.588. The Morgan fingerprint density at radius 2 is 1.52 bits per heavy atom. The first-order valence-corrected chi connectivity index (χ1v) is 7.42. The van der Waals surface area contributed by atoms with Crippen molar-refractivity contribution in [2.75, 3.05) is 19.8 Å². The molecule has 2 N–H and O–H groups in total. The van der Waals surface area contributed by atoms with Crippen LogP contribution in [0, 0.1) is 0 Å². The lowest BCUT2D eigenvalue weighted by Gasteiger charge is -2.25.